The highest BCUT2D eigenvalue weighted by Gasteiger charge is 1.95. The van der Waals surface area contributed by atoms with Gasteiger partial charge in [-0.25, -0.2) is 0 Å². The predicted octanol–water partition coefficient (Wildman–Crippen LogP) is 2.06. The van der Waals surface area contributed by atoms with E-state index in [9.17, 15) is 4.79 Å². The summed E-state index contributed by atoms with van der Waals surface area (Å²) in [6, 6.07) is 0. The molecule has 0 aromatic rings. The van der Waals surface area contributed by atoms with E-state index in [4.69, 9.17) is 11.6 Å². The lowest BCUT2D eigenvalue weighted by molar-refractivity contribution is -0.105. The van der Waals surface area contributed by atoms with Gasteiger partial charge in [-0.3, -0.25) is 0 Å². The van der Waals surface area contributed by atoms with Gasteiger partial charge in [0.15, 0.2) is 0 Å². The number of thioether (sulfide) groups is 1. The lowest BCUT2D eigenvalue weighted by Gasteiger charge is -1.96. The van der Waals surface area contributed by atoms with Crippen molar-refractivity contribution in [3.05, 3.63) is 12.2 Å². The lowest BCUT2D eigenvalue weighted by Crippen LogP contribution is -1.88. The van der Waals surface area contributed by atoms with Crippen molar-refractivity contribution in [2.75, 3.05) is 5.75 Å². The van der Waals surface area contributed by atoms with E-state index in [0.29, 0.717) is 5.75 Å². The molecule has 0 amide bonds. The second-order valence-corrected chi connectivity index (χ2v) is 3.28. The number of carbonyl (C=O) groups excluding carboxylic acids is 1. The molecular formula is C6H9ClOS. The maximum atomic E-state index is 9.81. The Kier molecular flexibility index (Phi) is 6.21. The summed E-state index contributed by atoms with van der Waals surface area (Å²) in [5, 5.41) is 0. The molecule has 0 spiro atoms. The van der Waals surface area contributed by atoms with E-state index in [2.05, 4.69) is 0 Å². The summed E-state index contributed by atoms with van der Waals surface area (Å²) in [5.41, 5.74) is 0. The normalized spacial score (nSPS) is 14.0. The minimum absolute atomic E-state index is 0.0554. The number of halogens is 1. The Morgan fingerprint density at radius 1 is 1.78 bits per heavy atom. The quantitative estimate of drug-likeness (QED) is 0.360. The molecule has 0 bridgehead atoms. The smallest absolute Gasteiger partial charge is 0.129 e. The maximum Gasteiger partial charge on any atom is 0.129 e. The van der Waals surface area contributed by atoms with Crippen molar-refractivity contribution in [3.63, 3.8) is 0 Å². The first-order valence-corrected chi connectivity index (χ1v) is 4.12. The predicted molar refractivity (Wildman–Crippen MR) is 43.0 cm³/mol. The fourth-order valence-corrected chi connectivity index (χ4v) is 1.23. The molecule has 0 fully saturated rings. The highest BCUT2D eigenvalue weighted by molar-refractivity contribution is 8.01. The Hall–Kier alpha value is 0.0500. The molecule has 0 saturated carbocycles. The van der Waals surface area contributed by atoms with Crippen LogP contribution in [0.4, 0.5) is 0 Å². The first-order valence-electron chi connectivity index (χ1n) is 2.63. The van der Waals surface area contributed by atoms with Crippen LogP contribution in [0.25, 0.3) is 0 Å². The van der Waals surface area contributed by atoms with Gasteiger partial charge in [-0.15, -0.1) is 23.4 Å². The number of carbonyl (C=O) groups is 1. The number of hydrogen-bond acceptors (Lipinski definition) is 2. The molecule has 3 heteroatoms. The third-order valence-electron chi connectivity index (χ3n) is 0.667. The van der Waals surface area contributed by atoms with E-state index in [0.717, 1.165) is 6.29 Å². The Bertz CT molecular complexity index is 103. The number of allylic oxidation sites excluding steroid dienone is 1. The summed E-state index contributed by atoms with van der Waals surface area (Å²) in [4.78, 5) is 9.81. The topological polar surface area (TPSA) is 17.1 Å². The zero-order valence-electron chi connectivity index (χ0n) is 5.21. The summed E-state index contributed by atoms with van der Waals surface area (Å²) in [7, 11) is 0. The maximum absolute atomic E-state index is 9.81. The number of hydrogen-bond donors (Lipinski definition) is 0. The molecule has 0 rings (SSSR count). The monoisotopic (exact) mass is 164 g/mol. The van der Waals surface area contributed by atoms with Gasteiger partial charge in [0.1, 0.15) is 6.29 Å². The Labute approximate surface area is 64.5 Å². The van der Waals surface area contributed by atoms with Crippen LogP contribution in [-0.2, 0) is 4.79 Å². The van der Waals surface area contributed by atoms with E-state index < -0.39 is 0 Å². The van der Waals surface area contributed by atoms with Crippen molar-refractivity contribution in [1.82, 2.24) is 0 Å². The van der Waals surface area contributed by atoms with Gasteiger partial charge < -0.3 is 4.79 Å². The third-order valence-corrected chi connectivity index (χ3v) is 1.99. The van der Waals surface area contributed by atoms with Gasteiger partial charge in [-0.05, 0) is 6.92 Å². The number of alkyl halides is 1. The number of rotatable bonds is 4. The molecule has 0 N–H and O–H groups in total. The highest BCUT2D eigenvalue weighted by atomic mass is 35.5. The largest absolute Gasteiger partial charge is 0.302 e. The van der Waals surface area contributed by atoms with Gasteiger partial charge in [0, 0.05) is 0 Å². The molecular weight excluding hydrogens is 156 g/mol. The number of aldehydes is 1. The van der Waals surface area contributed by atoms with Gasteiger partial charge in [0.25, 0.3) is 0 Å². The van der Waals surface area contributed by atoms with Gasteiger partial charge in [-0.2, -0.15) is 0 Å². The standard InChI is InChI=1S/C6H9ClOS/c1-2-3-6(7)9-5-4-8/h2-4,6H,5H2,1H3/b3-2+. The average Bonchev–Trinajstić information content (AvgIpc) is 1.85. The highest BCUT2D eigenvalue weighted by Crippen LogP contribution is 2.14. The minimum atomic E-state index is -0.0554. The molecule has 0 aliphatic rings. The van der Waals surface area contributed by atoms with Crippen molar-refractivity contribution >= 4 is 29.6 Å². The van der Waals surface area contributed by atoms with Crippen LogP contribution in [0, 0.1) is 0 Å². The second kappa shape index (κ2) is 6.17. The summed E-state index contributed by atoms with van der Waals surface area (Å²) >= 11 is 7.09. The van der Waals surface area contributed by atoms with E-state index in [1.165, 1.54) is 11.8 Å². The van der Waals surface area contributed by atoms with Gasteiger partial charge in [0.2, 0.25) is 0 Å². The molecule has 0 aromatic carbocycles. The Morgan fingerprint density at radius 3 is 2.89 bits per heavy atom. The van der Waals surface area contributed by atoms with Crippen LogP contribution in [0.15, 0.2) is 12.2 Å². The molecule has 0 aliphatic carbocycles. The van der Waals surface area contributed by atoms with Gasteiger partial charge >= 0.3 is 0 Å². The molecule has 1 nitrogen and oxygen atoms in total. The average molecular weight is 165 g/mol. The van der Waals surface area contributed by atoms with Crippen LogP contribution >= 0.6 is 23.4 Å². The van der Waals surface area contributed by atoms with E-state index >= 15 is 0 Å². The first kappa shape index (κ1) is 9.05. The van der Waals surface area contributed by atoms with Crippen LogP contribution in [0.3, 0.4) is 0 Å². The van der Waals surface area contributed by atoms with Gasteiger partial charge in [0.05, 0.1) is 10.5 Å². The van der Waals surface area contributed by atoms with Crippen molar-refractivity contribution in [2.45, 2.75) is 11.6 Å². The summed E-state index contributed by atoms with van der Waals surface area (Å²) in [5.74, 6) is 0.471. The zero-order chi connectivity index (χ0) is 7.11. The zero-order valence-corrected chi connectivity index (χ0v) is 6.78. The second-order valence-electron chi connectivity index (χ2n) is 1.38. The summed E-state index contributed by atoms with van der Waals surface area (Å²) in [6.07, 6.45) is 4.56. The van der Waals surface area contributed by atoms with Crippen LogP contribution < -0.4 is 0 Å². The third kappa shape index (κ3) is 5.93. The molecule has 0 aromatic heterocycles. The summed E-state index contributed by atoms with van der Waals surface area (Å²) in [6.45, 7) is 1.90. The van der Waals surface area contributed by atoms with Crippen molar-refractivity contribution in [1.29, 1.82) is 0 Å². The molecule has 0 heterocycles. The lowest BCUT2D eigenvalue weighted by atomic mass is 10.6. The summed E-state index contributed by atoms with van der Waals surface area (Å²) < 4.78 is -0.0554. The molecule has 1 unspecified atom stereocenters. The van der Waals surface area contributed by atoms with Crippen LogP contribution in [0.5, 0.6) is 0 Å². The Balaban J connectivity index is 3.25. The van der Waals surface area contributed by atoms with Crippen molar-refractivity contribution < 1.29 is 4.79 Å². The molecule has 0 radical (unpaired) electrons. The fourth-order valence-electron chi connectivity index (χ4n) is 0.338. The molecule has 0 aliphatic heterocycles. The Morgan fingerprint density at radius 2 is 2.44 bits per heavy atom. The van der Waals surface area contributed by atoms with Crippen molar-refractivity contribution in [3.8, 4) is 0 Å². The SMILES string of the molecule is C/C=C/C(Cl)SCC=O. The van der Waals surface area contributed by atoms with Crippen molar-refractivity contribution in [2.24, 2.45) is 0 Å². The molecule has 9 heavy (non-hydrogen) atoms. The molecule has 52 valence electrons. The first-order chi connectivity index (χ1) is 4.31. The van der Waals surface area contributed by atoms with Crippen LogP contribution in [0.2, 0.25) is 0 Å². The van der Waals surface area contributed by atoms with Crippen LogP contribution in [-0.4, -0.2) is 16.7 Å². The van der Waals surface area contributed by atoms with E-state index in [-0.39, 0.29) is 4.71 Å². The fraction of sp³-hybridized carbons (Fsp3) is 0.500. The van der Waals surface area contributed by atoms with Crippen LogP contribution in [0.1, 0.15) is 6.92 Å². The van der Waals surface area contributed by atoms with E-state index in [1.54, 1.807) is 0 Å². The molecule has 0 saturated heterocycles. The van der Waals surface area contributed by atoms with Gasteiger partial charge in [-0.1, -0.05) is 12.2 Å². The minimum Gasteiger partial charge on any atom is -0.302 e. The molecule has 1 atom stereocenters. The van der Waals surface area contributed by atoms with E-state index in [1.807, 2.05) is 19.1 Å².